The summed E-state index contributed by atoms with van der Waals surface area (Å²) in [6.07, 6.45) is 3.74. The molecule has 0 heterocycles. The molecule has 2 saturated carbocycles. The van der Waals surface area contributed by atoms with Gasteiger partial charge in [-0.2, -0.15) is 0 Å². The molecular weight excluding hydrogens is 266 g/mol. The number of nitrogens with zero attached hydrogens (tertiary/aromatic N) is 1. The number of carbonyl (C=O) groups is 2. The minimum absolute atomic E-state index is 0.0569. The maximum Gasteiger partial charge on any atom is 0.188 e. The highest BCUT2D eigenvalue weighted by Gasteiger charge is 2.47. The normalized spacial score (nSPS) is 24.9. The molecule has 3 rings (SSSR count). The SMILES string of the molecule is CCOc1ccc(N=C2C(=O)C3CCCCC3C2=O)cc1. The summed E-state index contributed by atoms with van der Waals surface area (Å²) in [5, 5.41) is 0. The van der Waals surface area contributed by atoms with E-state index in [2.05, 4.69) is 4.99 Å². The number of hydrogen-bond acceptors (Lipinski definition) is 4. The van der Waals surface area contributed by atoms with E-state index < -0.39 is 0 Å². The lowest BCUT2D eigenvalue weighted by molar-refractivity contribution is -0.120. The minimum Gasteiger partial charge on any atom is -0.494 e. The van der Waals surface area contributed by atoms with Crippen LogP contribution in [0.4, 0.5) is 5.69 Å². The highest BCUT2D eigenvalue weighted by Crippen LogP contribution is 2.37. The summed E-state index contributed by atoms with van der Waals surface area (Å²) < 4.78 is 5.37. The Labute approximate surface area is 124 Å². The lowest BCUT2D eigenvalue weighted by atomic mass is 9.81. The van der Waals surface area contributed by atoms with E-state index in [1.54, 1.807) is 24.3 Å². The monoisotopic (exact) mass is 285 g/mol. The molecule has 0 N–H and O–H groups in total. The molecule has 2 unspecified atom stereocenters. The smallest absolute Gasteiger partial charge is 0.188 e. The van der Waals surface area contributed by atoms with Crippen molar-refractivity contribution in [3.05, 3.63) is 24.3 Å². The Morgan fingerprint density at radius 2 is 1.62 bits per heavy atom. The number of hydrogen-bond donors (Lipinski definition) is 0. The number of rotatable bonds is 3. The van der Waals surface area contributed by atoms with Crippen molar-refractivity contribution in [1.29, 1.82) is 0 Å². The van der Waals surface area contributed by atoms with Crippen LogP contribution in [0.15, 0.2) is 29.3 Å². The molecule has 1 aromatic rings. The van der Waals surface area contributed by atoms with E-state index in [9.17, 15) is 9.59 Å². The Hall–Kier alpha value is -1.97. The molecule has 0 spiro atoms. The number of aliphatic imine (C=N–C) groups is 1. The van der Waals surface area contributed by atoms with Gasteiger partial charge in [0.25, 0.3) is 0 Å². The van der Waals surface area contributed by atoms with Crippen LogP contribution in [0.1, 0.15) is 32.6 Å². The van der Waals surface area contributed by atoms with Crippen molar-refractivity contribution >= 4 is 23.0 Å². The second-order valence-electron chi connectivity index (χ2n) is 5.61. The summed E-state index contributed by atoms with van der Waals surface area (Å²) in [6.45, 7) is 2.53. The fourth-order valence-corrected chi connectivity index (χ4v) is 3.25. The first-order chi connectivity index (χ1) is 10.2. The molecule has 0 saturated heterocycles. The Balaban J connectivity index is 1.85. The quantitative estimate of drug-likeness (QED) is 0.857. The van der Waals surface area contributed by atoms with Crippen LogP contribution in [0.3, 0.4) is 0 Å². The van der Waals surface area contributed by atoms with Gasteiger partial charge in [0.15, 0.2) is 17.3 Å². The molecule has 2 atom stereocenters. The van der Waals surface area contributed by atoms with Crippen molar-refractivity contribution in [2.45, 2.75) is 32.6 Å². The lowest BCUT2D eigenvalue weighted by Gasteiger charge is -2.20. The van der Waals surface area contributed by atoms with Gasteiger partial charge in [-0.25, -0.2) is 4.99 Å². The maximum atomic E-state index is 12.3. The van der Waals surface area contributed by atoms with Crippen molar-refractivity contribution in [1.82, 2.24) is 0 Å². The van der Waals surface area contributed by atoms with E-state index in [4.69, 9.17) is 4.74 Å². The fraction of sp³-hybridized carbons (Fsp3) is 0.471. The highest BCUT2D eigenvalue weighted by atomic mass is 16.5. The number of Topliss-reactive ketones (excluding diaryl/α,β-unsaturated/α-hetero) is 2. The first kappa shape index (κ1) is 14.0. The first-order valence-corrected chi connectivity index (χ1v) is 7.60. The van der Waals surface area contributed by atoms with E-state index >= 15 is 0 Å². The predicted octanol–water partition coefficient (Wildman–Crippen LogP) is 3.12. The van der Waals surface area contributed by atoms with Gasteiger partial charge in [0.05, 0.1) is 12.3 Å². The molecule has 2 aliphatic carbocycles. The Morgan fingerprint density at radius 1 is 1.05 bits per heavy atom. The Kier molecular flexibility index (Phi) is 3.86. The number of fused-ring (bicyclic) bond motifs is 1. The zero-order chi connectivity index (χ0) is 14.8. The summed E-state index contributed by atoms with van der Waals surface area (Å²) >= 11 is 0. The van der Waals surface area contributed by atoms with Crippen LogP contribution in [0.25, 0.3) is 0 Å². The summed E-state index contributed by atoms with van der Waals surface area (Å²) in [5.74, 6) is 0.414. The van der Waals surface area contributed by atoms with Gasteiger partial charge in [0.2, 0.25) is 0 Å². The van der Waals surface area contributed by atoms with Gasteiger partial charge in [-0.15, -0.1) is 0 Å². The summed E-state index contributed by atoms with van der Waals surface area (Å²) in [7, 11) is 0. The summed E-state index contributed by atoms with van der Waals surface area (Å²) in [5.41, 5.74) is 0.782. The first-order valence-electron chi connectivity index (χ1n) is 7.60. The van der Waals surface area contributed by atoms with Gasteiger partial charge in [-0.1, -0.05) is 12.8 Å². The molecule has 4 heteroatoms. The largest absolute Gasteiger partial charge is 0.494 e. The van der Waals surface area contributed by atoms with E-state index in [0.29, 0.717) is 12.3 Å². The zero-order valence-electron chi connectivity index (χ0n) is 12.2. The van der Waals surface area contributed by atoms with Crippen molar-refractivity contribution in [2.24, 2.45) is 16.8 Å². The number of carbonyl (C=O) groups excluding carboxylic acids is 2. The molecule has 1 aromatic carbocycles. The summed E-state index contributed by atoms with van der Waals surface area (Å²) in [4.78, 5) is 29.0. The van der Waals surface area contributed by atoms with Gasteiger partial charge in [0, 0.05) is 11.8 Å². The zero-order valence-corrected chi connectivity index (χ0v) is 12.2. The van der Waals surface area contributed by atoms with Crippen LogP contribution in [-0.4, -0.2) is 23.9 Å². The molecule has 0 amide bonds. The number of benzene rings is 1. The second-order valence-corrected chi connectivity index (χ2v) is 5.61. The van der Waals surface area contributed by atoms with Crippen LogP contribution in [0.2, 0.25) is 0 Å². The molecule has 21 heavy (non-hydrogen) atoms. The van der Waals surface area contributed by atoms with Crippen molar-refractivity contribution < 1.29 is 14.3 Å². The average molecular weight is 285 g/mol. The number of ether oxygens (including phenoxy) is 1. The molecule has 4 nitrogen and oxygen atoms in total. The Morgan fingerprint density at radius 3 is 2.14 bits per heavy atom. The molecule has 0 aliphatic heterocycles. The van der Waals surface area contributed by atoms with Gasteiger partial charge >= 0.3 is 0 Å². The van der Waals surface area contributed by atoms with Gasteiger partial charge in [0.1, 0.15) is 5.75 Å². The van der Waals surface area contributed by atoms with Crippen molar-refractivity contribution in [3.8, 4) is 5.75 Å². The molecule has 0 bridgehead atoms. The molecule has 0 radical (unpaired) electrons. The van der Waals surface area contributed by atoms with Crippen LogP contribution in [0.5, 0.6) is 5.75 Å². The molecule has 110 valence electrons. The van der Waals surface area contributed by atoms with Crippen LogP contribution < -0.4 is 4.74 Å². The van der Waals surface area contributed by atoms with E-state index in [1.165, 1.54) is 0 Å². The average Bonchev–Trinajstić information content (AvgIpc) is 2.75. The maximum absolute atomic E-state index is 12.3. The fourth-order valence-electron chi connectivity index (χ4n) is 3.25. The van der Waals surface area contributed by atoms with E-state index in [0.717, 1.165) is 31.4 Å². The molecule has 0 aromatic heterocycles. The minimum atomic E-state index is -0.118. The van der Waals surface area contributed by atoms with Crippen molar-refractivity contribution in [2.75, 3.05) is 6.61 Å². The second kappa shape index (κ2) is 5.80. The summed E-state index contributed by atoms with van der Waals surface area (Å²) in [6, 6.07) is 7.17. The molecule has 2 fully saturated rings. The van der Waals surface area contributed by atoms with Gasteiger partial charge in [-0.3, -0.25) is 9.59 Å². The lowest BCUT2D eigenvalue weighted by Crippen LogP contribution is -2.21. The third-order valence-electron chi connectivity index (χ3n) is 4.29. The van der Waals surface area contributed by atoms with Crippen LogP contribution in [-0.2, 0) is 9.59 Å². The predicted molar refractivity (Wildman–Crippen MR) is 80.2 cm³/mol. The van der Waals surface area contributed by atoms with Crippen LogP contribution >= 0.6 is 0 Å². The topological polar surface area (TPSA) is 55.7 Å². The highest BCUT2D eigenvalue weighted by molar-refractivity contribution is 6.70. The van der Waals surface area contributed by atoms with E-state index in [-0.39, 0.29) is 29.1 Å². The third-order valence-corrected chi connectivity index (χ3v) is 4.29. The number of ketones is 2. The van der Waals surface area contributed by atoms with Gasteiger partial charge in [-0.05, 0) is 44.0 Å². The van der Waals surface area contributed by atoms with E-state index in [1.807, 2.05) is 6.92 Å². The van der Waals surface area contributed by atoms with Crippen molar-refractivity contribution in [3.63, 3.8) is 0 Å². The molecular formula is C17H19NO3. The Bertz CT molecular complexity index is 563. The standard InChI is InChI=1S/C17H19NO3/c1-2-21-12-9-7-11(8-10-12)18-15-16(19)13-5-3-4-6-14(13)17(15)20/h7-10,13-14H,2-6H2,1H3. The third kappa shape index (κ3) is 2.62. The van der Waals surface area contributed by atoms with Gasteiger partial charge < -0.3 is 4.74 Å². The van der Waals surface area contributed by atoms with Crippen LogP contribution in [0, 0.1) is 11.8 Å². The molecule has 2 aliphatic rings.